The third kappa shape index (κ3) is 4.52. The van der Waals surface area contributed by atoms with Crippen molar-refractivity contribution in [2.45, 2.75) is 26.1 Å². The number of ether oxygens (including phenoxy) is 3. The van der Waals surface area contributed by atoms with Gasteiger partial charge in [0.1, 0.15) is 5.75 Å². The summed E-state index contributed by atoms with van der Waals surface area (Å²) in [6.45, 7) is 7.07. The molecule has 1 N–H and O–H groups in total. The lowest BCUT2D eigenvalue weighted by molar-refractivity contribution is -0.121. The van der Waals surface area contributed by atoms with E-state index >= 15 is 0 Å². The minimum Gasteiger partial charge on any atom is -0.481 e. The molecule has 0 spiro atoms. The van der Waals surface area contributed by atoms with Crippen LogP contribution in [0.25, 0.3) is 0 Å². The number of hydrogen-bond donors (Lipinski definition) is 1. The van der Waals surface area contributed by atoms with Gasteiger partial charge in [-0.05, 0) is 50.2 Å². The highest BCUT2D eigenvalue weighted by Gasteiger charge is 2.25. The molecule has 2 aromatic rings. The molecular formula is C23H29N3O4. The van der Waals surface area contributed by atoms with Gasteiger partial charge >= 0.3 is 0 Å². The number of carbonyl (C=O) groups is 1. The first-order chi connectivity index (χ1) is 14.5. The quantitative estimate of drug-likeness (QED) is 0.786. The van der Waals surface area contributed by atoms with Gasteiger partial charge in [-0.25, -0.2) is 0 Å². The number of morpholine rings is 1. The lowest BCUT2D eigenvalue weighted by Gasteiger charge is -2.36. The van der Waals surface area contributed by atoms with Crippen LogP contribution >= 0.6 is 0 Å². The molecule has 2 aromatic carbocycles. The second kappa shape index (κ2) is 8.93. The molecule has 4 rings (SSSR count). The highest BCUT2D eigenvalue weighted by molar-refractivity contribution is 5.98. The van der Waals surface area contributed by atoms with E-state index in [4.69, 9.17) is 14.2 Å². The lowest BCUT2D eigenvalue weighted by Crippen LogP contribution is -2.45. The maximum Gasteiger partial charge on any atom is 0.265 e. The minimum absolute atomic E-state index is 0.0469. The first-order valence-electron chi connectivity index (χ1n) is 10.4. The Morgan fingerprint density at radius 3 is 2.47 bits per heavy atom. The fourth-order valence-corrected chi connectivity index (χ4v) is 4.02. The Bertz CT molecular complexity index is 877. The van der Waals surface area contributed by atoms with Gasteiger partial charge in [0, 0.05) is 49.9 Å². The van der Waals surface area contributed by atoms with Gasteiger partial charge in [-0.1, -0.05) is 0 Å². The molecule has 0 saturated carbocycles. The van der Waals surface area contributed by atoms with E-state index in [2.05, 4.69) is 48.3 Å². The maximum atomic E-state index is 12.2. The lowest BCUT2D eigenvalue weighted by atomic mass is 10.1. The third-order valence-electron chi connectivity index (χ3n) is 5.36. The molecule has 0 aliphatic carbocycles. The average Bonchev–Trinajstić information content (AvgIpc) is 2.73. The molecule has 160 valence electrons. The number of carbonyl (C=O) groups excluding carboxylic acids is 1. The molecule has 2 unspecified atom stereocenters. The molecule has 1 amide bonds. The fourth-order valence-electron chi connectivity index (χ4n) is 4.02. The molecule has 0 radical (unpaired) electrons. The number of nitrogens with one attached hydrogen (secondary N) is 1. The van der Waals surface area contributed by atoms with Crippen molar-refractivity contribution in [2.75, 3.05) is 55.1 Å². The van der Waals surface area contributed by atoms with Crippen LogP contribution in [0.4, 0.5) is 22.7 Å². The Kier molecular flexibility index (Phi) is 6.11. The summed E-state index contributed by atoms with van der Waals surface area (Å²) in [4.78, 5) is 16.2. The van der Waals surface area contributed by atoms with Crippen LogP contribution in [0.1, 0.15) is 13.8 Å². The summed E-state index contributed by atoms with van der Waals surface area (Å²) in [5.41, 5.74) is 3.88. The van der Waals surface area contributed by atoms with Crippen molar-refractivity contribution in [2.24, 2.45) is 0 Å². The summed E-state index contributed by atoms with van der Waals surface area (Å²) in [6.07, 6.45) is 0.467. The number of benzene rings is 2. The highest BCUT2D eigenvalue weighted by atomic mass is 16.5. The van der Waals surface area contributed by atoms with Gasteiger partial charge in [0.25, 0.3) is 5.91 Å². The standard InChI is InChI=1S/C23H29N3O4/c1-16-13-25(14-17(2)30-16)20-7-4-18(5-8-20)24-19-6-9-21-22(12-19)29-15-23(27)26(21)10-11-28-3/h4-9,12,16-17,24H,10-11,13-15H2,1-3H3. The molecule has 0 bridgehead atoms. The number of hydrogen-bond acceptors (Lipinski definition) is 6. The Labute approximate surface area is 177 Å². The van der Waals surface area contributed by atoms with Crippen LogP contribution in [-0.4, -0.2) is 58.1 Å². The summed E-state index contributed by atoms with van der Waals surface area (Å²) >= 11 is 0. The van der Waals surface area contributed by atoms with Crippen molar-refractivity contribution >= 4 is 28.7 Å². The molecule has 7 nitrogen and oxygen atoms in total. The summed E-state index contributed by atoms with van der Waals surface area (Å²) in [6, 6.07) is 14.2. The summed E-state index contributed by atoms with van der Waals surface area (Å²) in [5.74, 6) is 0.645. The second-order valence-corrected chi connectivity index (χ2v) is 7.84. The molecule has 0 aromatic heterocycles. The predicted octanol–water partition coefficient (Wildman–Crippen LogP) is 3.42. The number of rotatable bonds is 6. The Morgan fingerprint density at radius 2 is 1.77 bits per heavy atom. The van der Waals surface area contributed by atoms with Crippen molar-refractivity contribution in [3.05, 3.63) is 42.5 Å². The first-order valence-corrected chi connectivity index (χ1v) is 10.4. The maximum absolute atomic E-state index is 12.2. The highest BCUT2D eigenvalue weighted by Crippen LogP contribution is 2.35. The van der Waals surface area contributed by atoms with E-state index in [1.54, 1.807) is 12.0 Å². The summed E-state index contributed by atoms with van der Waals surface area (Å²) in [5, 5.41) is 3.42. The van der Waals surface area contributed by atoms with Crippen LogP contribution in [-0.2, 0) is 14.3 Å². The van der Waals surface area contributed by atoms with Crippen LogP contribution < -0.4 is 19.9 Å². The second-order valence-electron chi connectivity index (χ2n) is 7.84. The molecule has 2 aliphatic rings. The molecule has 2 aliphatic heterocycles. The Morgan fingerprint density at radius 1 is 1.07 bits per heavy atom. The third-order valence-corrected chi connectivity index (χ3v) is 5.36. The van der Waals surface area contributed by atoms with Crippen LogP contribution in [0.3, 0.4) is 0 Å². The molecule has 2 atom stereocenters. The van der Waals surface area contributed by atoms with Crippen molar-refractivity contribution in [3.8, 4) is 5.75 Å². The summed E-state index contributed by atoms with van der Waals surface area (Å²) < 4.78 is 16.6. The first kappa shape index (κ1) is 20.5. The van der Waals surface area contributed by atoms with Crippen LogP contribution in [0.5, 0.6) is 5.75 Å². The van der Waals surface area contributed by atoms with Gasteiger partial charge in [-0.2, -0.15) is 0 Å². The minimum atomic E-state index is -0.0532. The smallest absolute Gasteiger partial charge is 0.265 e. The molecule has 1 fully saturated rings. The van der Waals surface area contributed by atoms with E-state index in [1.807, 2.05) is 18.2 Å². The van der Waals surface area contributed by atoms with Crippen molar-refractivity contribution in [1.82, 2.24) is 0 Å². The summed E-state index contributed by atoms with van der Waals surface area (Å²) in [7, 11) is 1.63. The SMILES string of the molecule is COCCN1C(=O)COc2cc(Nc3ccc(N4CC(C)OC(C)C4)cc3)ccc21. The van der Waals surface area contributed by atoms with Gasteiger partial charge in [0.2, 0.25) is 0 Å². The average molecular weight is 412 g/mol. The fraction of sp³-hybridized carbons (Fsp3) is 0.435. The number of anilines is 4. The van der Waals surface area contributed by atoms with Crippen LogP contribution in [0.15, 0.2) is 42.5 Å². The van der Waals surface area contributed by atoms with Crippen molar-refractivity contribution < 1.29 is 19.0 Å². The normalized spacial score (nSPS) is 21.2. The van der Waals surface area contributed by atoms with Gasteiger partial charge in [0.15, 0.2) is 6.61 Å². The van der Waals surface area contributed by atoms with Crippen LogP contribution in [0, 0.1) is 0 Å². The Balaban J connectivity index is 1.45. The van der Waals surface area contributed by atoms with E-state index in [-0.39, 0.29) is 24.7 Å². The zero-order valence-corrected chi connectivity index (χ0v) is 17.8. The number of fused-ring (bicyclic) bond motifs is 1. The van der Waals surface area contributed by atoms with E-state index in [0.717, 1.165) is 30.2 Å². The molecule has 7 heteroatoms. The molecular weight excluding hydrogens is 382 g/mol. The number of amides is 1. The van der Waals surface area contributed by atoms with E-state index in [0.29, 0.717) is 18.9 Å². The van der Waals surface area contributed by atoms with E-state index < -0.39 is 0 Å². The Hall–Kier alpha value is -2.77. The monoisotopic (exact) mass is 411 g/mol. The number of methoxy groups -OCH3 is 1. The largest absolute Gasteiger partial charge is 0.481 e. The molecule has 30 heavy (non-hydrogen) atoms. The molecule has 1 saturated heterocycles. The van der Waals surface area contributed by atoms with E-state index in [1.165, 1.54) is 5.69 Å². The van der Waals surface area contributed by atoms with Gasteiger partial charge < -0.3 is 29.3 Å². The zero-order valence-electron chi connectivity index (χ0n) is 17.8. The van der Waals surface area contributed by atoms with Crippen molar-refractivity contribution in [1.29, 1.82) is 0 Å². The molecule has 2 heterocycles. The van der Waals surface area contributed by atoms with Crippen LogP contribution in [0.2, 0.25) is 0 Å². The van der Waals surface area contributed by atoms with Gasteiger partial charge in [-0.3, -0.25) is 4.79 Å². The number of nitrogens with zero attached hydrogens (tertiary/aromatic N) is 2. The van der Waals surface area contributed by atoms with Crippen molar-refractivity contribution in [3.63, 3.8) is 0 Å². The van der Waals surface area contributed by atoms with Gasteiger partial charge in [-0.15, -0.1) is 0 Å². The zero-order chi connectivity index (χ0) is 21.1. The topological polar surface area (TPSA) is 63.3 Å². The van der Waals surface area contributed by atoms with Gasteiger partial charge in [0.05, 0.1) is 24.5 Å². The predicted molar refractivity (Wildman–Crippen MR) is 118 cm³/mol. The van der Waals surface area contributed by atoms with E-state index in [9.17, 15) is 4.79 Å².